The van der Waals surface area contributed by atoms with Crippen molar-refractivity contribution in [3.8, 4) is 5.69 Å². The molecule has 1 unspecified atom stereocenters. The van der Waals surface area contributed by atoms with E-state index in [-0.39, 0.29) is 11.9 Å². The van der Waals surface area contributed by atoms with Gasteiger partial charge in [-0.05, 0) is 73.2 Å². The highest BCUT2D eigenvalue weighted by Crippen LogP contribution is 2.48. The van der Waals surface area contributed by atoms with Crippen LogP contribution in [0.25, 0.3) is 5.69 Å². The Morgan fingerprint density at radius 1 is 0.857 bits per heavy atom. The summed E-state index contributed by atoms with van der Waals surface area (Å²) in [4.78, 5) is 24.1. The van der Waals surface area contributed by atoms with Gasteiger partial charge in [0.25, 0.3) is 0 Å². The summed E-state index contributed by atoms with van der Waals surface area (Å²) >= 11 is 3.69. The highest BCUT2D eigenvalue weighted by Gasteiger charge is 2.41. The normalized spacial score (nSPS) is 15.1. The highest BCUT2D eigenvalue weighted by atomic mass is 79.9. The van der Waals surface area contributed by atoms with Crippen LogP contribution in [0.1, 0.15) is 29.8 Å². The molecule has 5 aromatic rings. The SMILES string of the molecule is CC(=O)Nc1ccc(NC2=Nc3ccccc3N3C2=Nc2c(c(C)nn2-c2ccccc2)C3c2cccc(Br)c2)cc1. The van der Waals surface area contributed by atoms with Gasteiger partial charge in [-0.1, -0.05) is 58.4 Å². The van der Waals surface area contributed by atoms with Crippen molar-refractivity contribution >= 4 is 62.1 Å². The first-order valence-corrected chi connectivity index (χ1v) is 14.4. The van der Waals surface area contributed by atoms with Crippen LogP contribution < -0.4 is 15.5 Å². The minimum atomic E-state index is -0.210. The van der Waals surface area contributed by atoms with E-state index in [0.29, 0.717) is 11.7 Å². The minimum Gasteiger partial charge on any atom is -0.337 e. The van der Waals surface area contributed by atoms with Gasteiger partial charge in [0.1, 0.15) is 0 Å². The number of benzene rings is 4. The summed E-state index contributed by atoms with van der Waals surface area (Å²) in [6, 6.07) is 33.9. The Balaban J connectivity index is 1.43. The Bertz CT molecular complexity index is 1890. The van der Waals surface area contributed by atoms with E-state index in [1.54, 1.807) is 0 Å². The van der Waals surface area contributed by atoms with Crippen LogP contribution in [-0.4, -0.2) is 27.4 Å². The maximum absolute atomic E-state index is 11.5. The van der Waals surface area contributed by atoms with Gasteiger partial charge in [-0.15, -0.1) is 0 Å². The van der Waals surface area contributed by atoms with Gasteiger partial charge in [0, 0.05) is 28.3 Å². The fraction of sp³-hybridized carbons (Fsp3) is 0.0909. The number of halogens is 1. The number of fused-ring (bicyclic) bond motifs is 4. The van der Waals surface area contributed by atoms with E-state index >= 15 is 0 Å². The second kappa shape index (κ2) is 10.4. The van der Waals surface area contributed by atoms with Crippen molar-refractivity contribution in [2.24, 2.45) is 9.98 Å². The van der Waals surface area contributed by atoms with Crippen LogP contribution >= 0.6 is 15.9 Å². The molecule has 2 aliphatic rings. The Morgan fingerprint density at radius 3 is 2.36 bits per heavy atom. The van der Waals surface area contributed by atoms with E-state index in [4.69, 9.17) is 15.1 Å². The van der Waals surface area contributed by atoms with Gasteiger partial charge in [0.2, 0.25) is 5.91 Å². The molecule has 0 saturated heterocycles. The lowest BCUT2D eigenvalue weighted by molar-refractivity contribution is -0.114. The predicted octanol–water partition coefficient (Wildman–Crippen LogP) is 7.70. The molecule has 0 aliphatic carbocycles. The average Bonchev–Trinajstić information content (AvgIpc) is 3.33. The molecule has 7 rings (SSSR count). The molecule has 0 saturated carbocycles. The number of nitrogens with zero attached hydrogens (tertiary/aromatic N) is 5. The molecule has 8 nitrogen and oxygen atoms in total. The van der Waals surface area contributed by atoms with Crippen molar-refractivity contribution < 1.29 is 4.79 Å². The zero-order valence-electron chi connectivity index (χ0n) is 22.9. The summed E-state index contributed by atoms with van der Waals surface area (Å²) in [5.74, 6) is 1.96. The summed E-state index contributed by atoms with van der Waals surface area (Å²) in [7, 11) is 0. The predicted molar refractivity (Wildman–Crippen MR) is 172 cm³/mol. The van der Waals surface area contributed by atoms with Crippen LogP contribution in [0.3, 0.4) is 0 Å². The maximum atomic E-state index is 11.5. The summed E-state index contributed by atoms with van der Waals surface area (Å²) < 4.78 is 2.91. The first-order valence-electron chi connectivity index (χ1n) is 13.6. The minimum absolute atomic E-state index is 0.115. The summed E-state index contributed by atoms with van der Waals surface area (Å²) in [6.45, 7) is 3.54. The van der Waals surface area contributed by atoms with Crippen molar-refractivity contribution in [3.63, 3.8) is 0 Å². The zero-order chi connectivity index (χ0) is 28.8. The fourth-order valence-electron chi connectivity index (χ4n) is 5.52. The van der Waals surface area contributed by atoms with Crippen molar-refractivity contribution in [3.05, 3.63) is 124 Å². The smallest absolute Gasteiger partial charge is 0.221 e. The van der Waals surface area contributed by atoms with E-state index in [2.05, 4.69) is 55.7 Å². The molecule has 1 aromatic heterocycles. The number of amidine groups is 2. The number of hydrogen-bond donors (Lipinski definition) is 2. The molecule has 1 atom stereocenters. The summed E-state index contributed by atoms with van der Waals surface area (Å²) in [5.41, 5.74) is 7.33. The van der Waals surface area contributed by atoms with Crippen LogP contribution in [0, 0.1) is 6.92 Å². The number of nitrogens with one attached hydrogen (secondary N) is 2. The topological polar surface area (TPSA) is 86.9 Å². The van der Waals surface area contributed by atoms with Crippen LogP contribution in [-0.2, 0) is 4.79 Å². The molecule has 3 heterocycles. The van der Waals surface area contributed by atoms with Crippen molar-refractivity contribution in [2.45, 2.75) is 19.9 Å². The van der Waals surface area contributed by atoms with Gasteiger partial charge in [0.15, 0.2) is 17.5 Å². The Kier molecular flexibility index (Phi) is 6.43. The highest BCUT2D eigenvalue weighted by molar-refractivity contribution is 9.10. The van der Waals surface area contributed by atoms with Gasteiger partial charge in [-0.3, -0.25) is 4.79 Å². The molecule has 0 bridgehead atoms. The number of aliphatic imine (C=N–C) groups is 2. The third-order valence-electron chi connectivity index (χ3n) is 7.27. The quantitative estimate of drug-likeness (QED) is 0.217. The van der Waals surface area contributed by atoms with Crippen LogP contribution in [0.4, 0.5) is 28.6 Å². The van der Waals surface area contributed by atoms with Crippen molar-refractivity contribution in [1.82, 2.24) is 9.78 Å². The Labute approximate surface area is 251 Å². The lowest BCUT2D eigenvalue weighted by Gasteiger charge is -2.40. The molecule has 2 N–H and O–H groups in total. The lowest BCUT2D eigenvalue weighted by atomic mass is 9.93. The molecule has 0 spiro atoms. The molecular weight excluding hydrogens is 590 g/mol. The number of aryl methyl sites for hydroxylation is 1. The number of para-hydroxylation sites is 3. The van der Waals surface area contributed by atoms with Gasteiger partial charge in [-0.25, -0.2) is 14.7 Å². The van der Waals surface area contributed by atoms with E-state index in [0.717, 1.165) is 55.5 Å². The first-order chi connectivity index (χ1) is 20.5. The molecule has 42 heavy (non-hydrogen) atoms. The molecular formula is C33H26BrN7O. The van der Waals surface area contributed by atoms with Gasteiger partial charge in [-0.2, -0.15) is 5.10 Å². The van der Waals surface area contributed by atoms with Gasteiger partial charge < -0.3 is 15.5 Å². The Morgan fingerprint density at radius 2 is 1.60 bits per heavy atom. The maximum Gasteiger partial charge on any atom is 0.221 e. The zero-order valence-corrected chi connectivity index (χ0v) is 24.5. The van der Waals surface area contributed by atoms with Crippen molar-refractivity contribution in [2.75, 3.05) is 15.5 Å². The largest absolute Gasteiger partial charge is 0.337 e. The molecule has 9 heteroatoms. The number of hydrogen-bond acceptors (Lipinski definition) is 6. The van der Waals surface area contributed by atoms with E-state index < -0.39 is 0 Å². The number of amides is 1. The number of aromatic nitrogens is 2. The molecule has 4 aromatic carbocycles. The standard InChI is InChI=1S/C33H26BrN7O/c1-20-29-30(22-9-8-10-23(34)19-22)40-28-14-7-6-13-27(28)37-31(36-25-17-15-24(16-18-25)35-21(2)42)33(40)38-32(29)41(39-20)26-11-4-3-5-12-26/h3-19,30H,1-2H3,(H,35,42)(H,36,37). The number of anilines is 3. The number of carbonyl (C=O) groups excluding carboxylic acids is 1. The summed E-state index contributed by atoms with van der Waals surface area (Å²) in [6.07, 6.45) is 0. The first kappa shape index (κ1) is 25.9. The molecule has 1 amide bonds. The monoisotopic (exact) mass is 615 g/mol. The van der Waals surface area contributed by atoms with Crippen LogP contribution in [0.2, 0.25) is 0 Å². The van der Waals surface area contributed by atoms with E-state index in [1.807, 2.05) is 90.5 Å². The fourth-order valence-corrected chi connectivity index (χ4v) is 5.93. The third-order valence-corrected chi connectivity index (χ3v) is 7.76. The second-order valence-corrected chi connectivity index (χ2v) is 11.1. The van der Waals surface area contributed by atoms with Crippen molar-refractivity contribution in [1.29, 1.82) is 0 Å². The molecule has 0 fully saturated rings. The van der Waals surface area contributed by atoms with Gasteiger partial charge >= 0.3 is 0 Å². The average molecular weight is 617 g/mol. The van der Waals surface area contributed by atoms with Crippen LogP contribution in [0.15, 0.2) is 118 Å². The number of rotatable bonds is 4. The number of carbonyl (C=O) groups is 1. The second-order valence-electron chi connectivity index (χ2n) is 10.2. The summed E-state index contributed by atoms with van der Waals surface area (Å²) in [5, 5.41) is 11.3. The Hall–Kier alpha value is -5.02. The lowest BCUT2D eigenvalue weighted by Crippen LogP contribution is -2.46. The molecule has 2 aliphatic heterocycles. The van der Waals surface area contributed by atoms with Crippen LogP contribution in [0.5, 0.6) is 0 Å². The molecule has 0 radical (unpaired) electrons. The van der Waals surface area contributed by atoms with E-state index in [9.17, 15) is 4.79 Å². The molecule has 206 valence electrons. The third kappa shape index (κ3) is 4.57. The van der Waals surface area contributed by atoms with Gasteiger partial charge in [0.05, 0.1) is 28.8 Å². The van der Waals surface area contributed by atoms with E-state index in [1.165, 1.54) is 6.92 Å².